The molecule has 0 unspecified atom stereocenters. The minimum absolute atomic E-state index is 0.153. The number of methoxy groups -OCH3 is 1. The number of benzene rings is 2. The van der Waals surface area contributed by atoms with Crippen molar-refractivity contribution in [1.29, 1.82) is 0 Å². The first-order valence-electron chi connectivity index (χ1n) is 6.65. The summed E-state index contributed by atoms with van der Waals surface area (Å²) >= 11 is 5.95. The largest absolute Gasteiger partial charge is 0.493 e. The van der Waals surface area contributed by atoms with Crippen molar-refractivity contribution in [3.05, 3.63) is 64.4 Å². The van der Waals surface area contributed by atoms with Crippen molar-refractivity contribution in [3.8, 4) is 11.5 Å². The number of hydrogen-bond acceptors (Lipinski definition) is 3. The molecule has 0 amide bonds. The summed E-state index contributed by atoms with van der Waals surface area (Å²) in [4.78, 5) is 10.5. The van der Waals surface area contributed by atoms with Crippen molar-refractivity contribution < 1.29 is 23.8 Å². The fourth-order valence-electron chi connectivity index (χ4n) is 1.87. The lowest BCUT2D eigenvalue weighted by Crippen LogP contribution is -1.99. The van der Waals surface area contributed by atoms with Crippen LogP contribution < -0.4 is 9.47 Å². The molecule has 2 aromatic rings. The minimum atomic E-state index is -1.03. The van der Waals surface area contributed by atoms with Gasteiger partial charge in [-0.05, 0) is 35.9 Å². The molecule has 4 nitrogen and oxygen atoms in total. The zero-order valence-corrected chi connectivity index (χ0v) is 13.0. The van der Waals surface area contributed by atoms with E-state index < -0.39 is 11.8 Å². The van der Waals surface area contributed by atoms with Gasteiger partial charge >= 0.3 is 5.97 Å². The average molecular weight is 337 g/mol. The Hall–Kier alpha value is -2.53. The molecule has 0 saturated heterocycles. The molecule has 6 heteroatoms. The molecule has 120 valence electrons. The maximum absolute atomic E-state index is 13.0. The Morgan fingerprint density at radius 2 is 2.04 bits per heavy atom. The van der Waals surface area contributed by atoms with E-state index in [0.717, 1.165) is 6.08 Å². The van der Waals surface area contributed by atoms with Crippen molar-refractivity contribution in [3.63, 3.8) is 0 Å². The van der Waals surface area contributed by atoms with Gasteiger partial charge in [-0.3, -0.25) is 0 Å². The van der Waals surface area contributed by atoms with Crippen LogP contribution in [0.25, 0.3) is 6.08 Å². The van der Waals surface area contributed by atoms with Gasteiger partial charge in [-0.1, -0.05) is 23.7 Å². The highest BCUT2D eigenvalue weighted by Gasteiger charge is 2.08. The topological polar surface area (TPSA) is 55.8 Å². The zero-order chi connectivity index (χ0) is 16.8. The number of ether oxygens (including phenoxy) is 2. The van der Waals surface area contributed by atoms with Crippen LogP contribution in [0.2, 0.25) is 5.02 Å². The molecule has 0 bridgehead atoms. The van der Waals surface area contributed by atoms with E-state index in [1.54, 1.807) is 24.3 Å². The highest BCUT2D eigenvalue weighted by Crippen LogP contribution is 2.30. The second kappa shape index (κ2) is 7.65. The Labute approximate surface area is 137 Å². The third kappa shape index (κ3) is 4.72. The number of hydrogen-bond donors (Lipinski definition) is 1. The lowest BCUT2D eigenvalue weighted by atomic mass is 10.2. The van der Waals surface area contributed by atoms with Gasteiger partial charge < -0.3 is 14.6 Å². The summed E-state index contributed by atoms with van der Waals surface area (Å²) in [6.07, 6.45) is 2.49. The molecule has 0 aliphatic heterocycles. The lowest BCUT2D eigenvalue weighted by molar-refractivity contribution is -0.131. The van der Waals surface area contributed by atoms with Crippen molar-refractivity contribution in [2.45, 2.75) is 6.61 Å². The quantitative estimate of drug-likeness (QED) is 0.805. The molecule has 0 aliphatic rings. The first kappa shape index (κ1) is 16.8. The van der Waals surface area contributed by atoms with Crippen LogP contribution in [-0.2, 0) is 11.4 Å². The van der Waals surface area contributed by atoms with Crippen LogP contribution >= 0.6 is 11.6 Å². The highest BCUT2D eigenvalue weighted by atomic mass is 35.5. The summed E-state index contributed by atoms with van der Waals surface area (Å²) in [7, 11) is 1.48. The maximum Gasteiger partial charge on any atom is 0.328 e. The van der Waals surface area contributed by atoms with Gasteiger partial charge in [-0.2, -0.15) is 0 Å². The van der Waals surface area contributed by atoms with Gasteiger partial charge in [0.1, 0.15) is 12.4 Å². The third-order valence-electron chi connectivity index (χ3n) is 3.00. The first-order chi connectivity index (χ1) is 11.0. The van der Waals surface area contributed by atoms with E-state index in [-0.39, 0.29) is 11.6 Å². The molecule has 23 heavy (non-hydrogen) atoms. The van der Waals surface area contributed by atoms with E-state index in [0.29, 0.717) is 22.6 Å². The third-order valence-corrected chi connectivity index (χ3v) is 3.36. The van der Waals surface area contributed by atoms with Gasteiger partial charge in [-0.25, -0.2) is 9.18 Å². The van der Waals surface area contributed by atoms with Gasteiger partial charge in [0.25, 0.3) is 0 Å². The second-order valence-electron chi connectivity index (χ2n) is 4.61. The smallest absolute Gasteiger partial charge is 0.328 e. The Kier molecular flexibility index (Phi) is 5.60. The molecule has 2 aromatic carbocycles. The fourth-order valence-corrected chi connectivity index (χ4v) is 2.09. The first-order valence-corrected chi connectivity index (χ1v) is 7.03. The van der Waals surface area contributed by atoms with Crippen LogP contribution in [0, 0.1) is 5.82 Å². The zero-order valence-electron chi connectivity index (χ0n) is 12.3. The SMILES string of the molecule is COc1cc(/C=C/C(=O)O)ccc1OCc1ccc(F)cc1Cl. The number of halogens is 2. The molecule has 0 radical (unpaired) electrons. The lowest BCUT2D eigenvalue weighted by Gasteiger charge is -2.12. The second-order valence-corrected chi connectivity index (χ2v) is 5.01. The molecule has 2 rings (SSSR count). The van der Waals surface area contributed by atoms with Crippen LogP contribution in [0.1, 0.15) is 11.1 Å². The molecule has 0 fully saturated rings. The molecule has 1 N–H and O–H groups in total. The summed E-state index contributed by atoms with van der Waals surface area (Å²) in [6.45, 7) is 0.153. The fraction of sp³-hybridized carbons (Fsp3) is 0.118. The Morgan fingerprint density at radius 3 is 2.70 bits per heavy atom. The Balaban J connectivity index is 2.14. The van der Waals surface area contributed by atoms with E-state index in [1.165, 1.54) is 25.3 Å². The molecule has 0 spiro atoms. The maximum atomic E-state index is 13.0. The van der Waals surface area contributed by atoms with E-state index in [2.05, 4.69) is 0 Å². The van der Waals surface area contributed by atoms with Crippen LogP contribution in [-0.4, -0.2) is 18.2 Å². The number of carbonyl (C=O) groups is 1. The Bertz CT molecular complexity index is 743. The number of carboxylic acid groups (broad SMARTS) is 1. The molecular weight excluding hydrogens is 323 g/mol. The van der Waals surface area contributed by atoms with E-state index in [9.17, 15) is 9.18 Å². The molecule has 0 atom stereocenters. The van der Waals surface area contributed by atoms with Crippen molar-refractivity contribution >= 4 is 23.6 Å². The van der Waals surface area contributed by atoms with Gasteiger partial charge in [0.2, 0.25) is 0 Å². The summed E-state index contributed by atoms with van der Waals surface area (Å²) in [5.74, 6) is -0.516. The van der Waals surface area contributed by atoms with Gasteiger partial charge in [-0.15, -0.1) is 0 Å². The van der Waals surface area contributed by atoms with Crippen LogP contribution in [0.15, 0.2) is 42.5 Å². The molecule has 0 aliphatic carbocycles. The van der Waals surface area contributed by atoms with E-state index in [1.807, 2.05) is 0 Å². The molecular formula is C17H14ClFO4. The predicted octanol–water partition coefficient (Wildman–Crippen LogP) is 4.16. The van der Waals surface area contributed by atoms with Crippen LogP contribution in [0.3, 0.4) is 0 Å². The summed E-state index contributed by atoms with van der Waals surface area (Å²) in [6, 6.07) is 9.09. The molecule has 0 aromatic heterocycles. The van der Waals surface area contributed by atoms with E-state index >= 15 is 0 Å². The number of aliphatic carboxylic acids is 1. The van der Waals surface area contributed by atoms with Gasteiger partial charge in [0.15, 0.2) is 11.5 Å². The molecule has 0 saturated carbocycles. The predicted molar refractivity (Wildman–Crippen MR) is 85.4 cm³/mol. The van der Waals surface area contributed by atoms with Crippen molar-refractivity contribution in [2.24, 2.45) is 0 Å². The number of carboxylic acids is 1. The summed E-state index contributed by atoms with van der Waals surface area (Å²) in [5, 5.41) is 8.91. The van der Waals surface area contributed by atoms with Crippen molar-refractivity contribution in [2.75, 3.05) is 7.11 Å². The van der Waals surface area contributed by atoms with Gasteiger partial charge in [0.05, 0.1) is 12.1 Å². The highest BCUT2D eigenvalue weighted by molar-refractivity contribution is 6.31. The van der Waals surface area contributed by atoms with E-state index in [4.69, 9.17) is 26.2 Å². The monoisotopic (exact) mass is 336 g/mol. The average Bonchev–Trinajstić information content (AvgIpc) is 2.52. The van der Waals surface area contributed by atoms with Crippen LogP contribution in [0.4, 0.5) is 4.39 Å². The summed E-state index contributed by atoms with van der Waals surface area (Å²) < 4.78 is 23.9. The van der Waals surface area contributed by atoms with Crippen molar-refractivity contribution in [1.82, 2.24) is 0 Å². The number of rotatable bonds is 6. The van der Waals surface area contributed by atoms with Crippen LogP contribution in [0.5, 0.6) is 11.5 Å². The molecule has 0 heterocycles. The Morgan fingerprint density at radius 1 is 1.26 bits per heavy atom. The van der Waals surface area contributed by atoms with Gasteiger partial charge in [0, 0.05) is 11.6 Å². The standard InChI is InChI=1S/C17H14ClFO4/c1-22-16-8-11(3-7-17(20)21)2-6-15(16)23-10-12-4-5-13(19)9-14(12)18/h2-9H,10H2,1H3,(H,20,21)/b7-3+. The normalized spacial score (nSPS) is 10.7. The summed E-state index contributed by atoms with van der Waals surface area (Å²) in [5.41, 5.74) is 1.31. The minimum Gasteiger partial charge on any atom is -0.493 e.